The van der Waals surface area contributed by atoms with Gasteiger partial charge in [-0.15, -0.1) is 0 Å². The van der Waals surface area contributed by atoms with E-state index in [1.54, 1.807) is 24.1 Å². The minimum absolute atomic E-state index is 0.142. The van der Waals surface area contributed by atoms with Gasteiger partial charge in [0.15, 0.2) is 5.82 Å². The van der Waals surface area contributed by atoms with Crippen LogP contribution >= 0.6 is 11.6 Å². The zero-order valence-electron chi connectivity index (χ0n) is 15.3. The summed E-state index contributed by atoms with van der Waals surface area (Å²) < 4.78 is 5.28. The smallest absolute Gasteiger partial charge is 0.317 e. The quantitative estimate of drug-likeness (QED) is 0.695. The molecule has 0 aliphatic carbocycles. The Labute approximate surface area is 163 Å². The Kier molecular flexibility index (Phi) is 6.08. The zero-order valence-corrected chi connectivity index (χ0v) is 16.0. The highest BCUT2D eigenvalue weighted by atomic mass is 35.5. The van der Waals surface area contributed by atoms with Crippen molar-refractivity contribution < 1.29 is 9.32 Å². The first-order chi connectivity index (χ1) is 13.0. The second kappa shape index (κ2) is 8.68. The van der Waals surface area contributed by atoms with E-state index in [0.717, 1.165) is 11.1 Å². The van der Waals surface area contributed by atoms with Gasteiger partial charge < -0.3 is 14.7 Å². The third-order valence-electron chi connectivity index (χ3n) is 4.14. The molecule has 0 saturated carbocycles. The lowest BCUT2D eigenvalue weighted by atomic mass is 10.1. The number of carbonyl (C=O) groups is 1. The van der Waals surface area contributed by atoms with Gasteiger partial charge in [-0.3, -0.25) is 0 Å². The lowest BCUT2D eigenvalue weighted by molar-refractivity contribution is 0.208. The lowest BCUT2D eigenvalue weighted by Gasteiger charge is -2.17. The van der Waals surface area contributed by atoms with Gasteiger partial charge in [-0.25, -0.2) is 4.79 Å². The van der Waals surface area contributed by atoms with Crippen LogP contribution in [0, 0.1) is 6.92 Å². The van der Waals surface area contributed by atoms with E-state index in [4.69, 9.17) is 16.1 Å². The van der Waals surface area contributed by atoms with Crippen molar-refractivity contribution in [1.82, 2.24) is 20.4 Å². The first kappa shape index (κ1) is 18.9. The third-order valence-corrected chi connectivity index (χ3v) is 4.39. The monoisotopic (exact) mass is 384 g/mol. The standard InChI is InChI=1S/C20H21ClN4O2/c1-14-3-5-15(6-4-14)13-22-20(26)25(2)12-11-18-23-19(27-24-18)16-7-9-17(21)10-8-16/h3-10H,11-13H2,1-2H3,(H,22,26). The fraction of sp³-hybridized carbons (Fsp3) is 0.250. The number of carbonyl (C=O) groups excluding carboxylic acids is 1. The highest BCUT2D eigenvalue weighted by molar-refractivity contribution is 6.30. The molecule has 3 rings (SSSR count). The van der Waals surface area contributed by atoms with Crippen LogP contribution in [0.5, 0.6) is 0 Å². The Morgan fingerprint density at radius 3 is 2.56 bits per heavy atom. The number of hydrogen-bond acceptors (Lipinski definition) is 4. The third kappa shape index (κ3) is 5.31. The number of amides is 2. The Morgan fingerprint density at radius 2 is 1.85 bits per heavy atom. The van der Waals surface area contributed by atoms with Crippen LogP contribution in [0.4, 0.5) is 4.79 Å². The van der Waals surface area contributed by atoms with Gasteiger partial charge in [0.1, 0.15) is 0 Å². The number of rotatable bonds is 6. The molecule has 0 aliphatic heterocycles. The number of likely N-dealkylation sites (N-methyl/N-ethyl adjacent to an activating group) is 1. The van der Waals surface area contributed by atoms with Crippen LogP contribution in [0.25, 0.3) is 11.5 Å². The normalized spacial score (nSPS) is 10.6. The number of hydrogen-bond donors (Lipinski definition) is 1. The van der Waals surface area contributed by atoms with E-state index in [-0.39, 0.29) is 6.03 Å². The topological polar surface area (TPSA) is 71.3 Å². The predicted octanol–water partition coefficient (Wildman–Crippen LogP) is 4.08. The SMILES string of the molecule is Cc1ccc(CNC(=O)N(C)CCc2noc(-c3ccc(Cl)cc3)n2)cc1. The summed E-state index contributed by atoms with van der Waals surface area (Å²) in [6.45, 7) is 3.01. The second-order valence-corrected chi connectivity index (χ2v) is 6.77. The first-order valence-corrected chi connectivity index (χ1v) is 9.02. The Balaban J connectivity index is 1.48. The molecule has 0 aliphatic rings. The van der Waals surface area contributed by atoms with Crippen molar-refractivity contribution in [2.45, 2.75) is 19.9 Å². The lowest BCUT2D eigenvalue weighted by Crippen LogP contribution is -2.38. The number of nitrogens with one attached hydrogen (secondary N) is 1. The molecule has 6 nitrogen and oxygen atoms in total. The van der Waals surface area contributed by atoms with Crippen LogP contribution in [-0.4, -0.2) is 34.7 Å². The Morgan fingerprint density at radius 1 is 1.15 bits per heavy atom. The van der Waals surface area contributed by atoms with Crippen LogP contribution in [0.2, 0.25) is 5.02 Å². The minimum Gasteiger partial charge on any atom is -0.334 e. The Hall–Kier alpha value is -2.86. The van der Waals surface area contributed by atoms with Crippen LogP contribution < -0.4 is 5.32 Å². The number of nitrogens with zero attached hydrogens (tertiary/aromatic N) is 3. The summed E-state index contributed by atoms with van der Waals surface area (Å²) in [7, 11) is 1.74. The Bertz CT molecular complexity index is 891. The van der Waals surface area contributed by atoms with E-state index in [0.29, 0.717) is 36.2 Å². The van der Waals surface area contributed by atoms with Gasteiger partial charge in [-0.05, 0) is 36.8 Å². The molecular formula is C20H21ClN4O2. The van der Waals surface area contributed by atoms with Crippen molar-refractivity contribution in [2.24, 2.45) is 0 Å². The van der Waals surface area contributed by atoms with Crippen LogP contribution in [0.3, 0.4) is 0 Å². The van der Waals surface area contributed by atoms with Crippen molar-refractivity contribution >= 4 is 17.6 Å². The highest BCUT2D eigenvalue weighted by Crippen LogP contribution is 2.19. The fourth-order valence-electron chi connectivity index (χ4n) is 2.45. The fourth-order valence-corrected chi connectivity index (χ4v) is 2.58. The summed E-state index contributed by atoms with van der Waals surface area (Å²) in [5.41, 5.74) is 3.07. The van der Waals surface area contributed by atoms with Crippen molar-refractivity contribution in [3.63, 3.8) is 0 Å². The van der Waals surface area contributed by atoms with Gasteiger partial charge in [0, 0.05) is 37.1 Å². The molecule has 2 amide bonds. The van der Waals surface area contributed by atoms with Crippen LogP contribution in [0.1, 0.15) is 17.0 Å². The van der Waals surface area contributed by atoms with Gasteiger partial charge in [0.25, 0.3) is 5.89 Å². The van der Waals surface area contributed by atoms with E-state index in [1.807, 2.05) is 43.3 Å². The number of aryl methyl sites for hydroxylation is 1. The van der Waals surface area contributed by atoms with Crippen molar-refractivity contribution in [3.05, 3.63) is 70.5 Å². The summed E-state index contributed by atoms with van der Waals surface area (Å²) in [4.78, 5) is 18.2. The molecule has 0 saturated heterocycles. The van der Waals surface area contributed by atoms with E-state index in [9.17, 15) is 4.79 Å². The van der Waals surface area contributed by atoms with Crippen LogP contribution in [-0.2, 0) is 13.0 Å². The van der Waals surface area contributed by atoms with Gasteiger partial charge in [-0.1, -0.05) is 46.6 Å². The molecule has 0 radical (unpaired) electrons. The number of aromatic nitrogens is 2. The van der Waals surface area contributed by atoms with E-state index in [1.165, 1.54) is 5.56 Å². The molecule has 27 heavy (non-hydrogen) atoms. The molecular weight excluding hydrogens is 364 g/mol. The molecule has 0 fully saturated rings. The van der Waals surface area contributed by atoms with E-state index >= 15 is 0 Å². The van der Waals surface area contributed by atoms with Gasteiger partial charge in [0.05, 0.1) is 0 Å². The van der Waals surface area contributed by atoms with E-state index < -0.39 is 0 Å². The first-order valence-electron chi connectivity index (χ1n) is 8.64. The number of urea groups is 1. The average molecular weight is 385 g/mol. The average Bonchev–Trinajstić information content (AvgIpc) is 3.15. The molecule has 3 aromatic rings. The van der Waals surface area contributed by atoms with E-state index in [2.05, 4.69) is 15.5 Å². The summed E-state index contributed by atoms with van der Waals surface area (Å²) in [5.74, 6) is 0.992. The van der Waals surface area contributed by atoms with Crippen molar-refractivity contribution in [2.75, 3.05) is 13.6 Å². The van der Waals surface area contributed by atoms with Gasteiger partial charge >= 0.3 is 6.03 Å². The summed E-state index contributed by atoms with van der Waals surface area (Å²) in [6.07, 6.45) is 0.505. The van der Waals surface area contributed by atoms with Crippen molar-refractivity contribution in [1.29, 1.82) is 0 Å². The molecule has 140 valence electrons. The molecule has 0 spiro atoms. The second-order valence-electron chi connectivity index (χ2n) is 6.34. The molecule has 1 aromatic heterocycles. The highest BCUT2D eigenvalue weighted by Gasteiger charge is 2.12. The summed E-state index contributed by atoms with van der Waals surface area (Å²) in [6, 6.07) is 15.1. The molecule has 1 heterocycles. The molecule has 0 bridgehead atoms. The number of halogens is 1. The zero-order chi connectivity index (χ0) is 19.2. The van der Waals surface area contributed by atoms with Gasteiger partial charge in [-0.2, -0.15) is 4.98 Å². The van der Waals surface area contributed by atoms with Crippen LogP contribution in [0.15, 0.2) is 53.1 Å². The van der Waals surface area contributed by atoms with Gasteiger partial charge in [0.2, 0.25) is 0 Å². The largest absolute Gasteiger partial charge is 0.334 e. The maximum absolute atomic E-state index is 12.2. The molecule has 0 unspecified atom stereocenters. The molecule has 1 N–H and O–H groups in total. The molecule has 7 heteroatoms. The molecule has 0 atom stereocenters. The molecule has 2 aromatic carbocycles. The van der Waals surface area contributed by atoms with Crippen molar-refractivity contribution in [3.8, 4) is 11.5 Å². The summed E-state index contributed by atoms with van der Waals surface area (Å²) >= 11 is 5.88. The maximum Gasteiger partial charge on any atom is 0.317 e. The maximum atomic E-state index is 12.2. The predicted molar refractivity (Wildman–Crippen MR) is 104 cm³/mol. The minimum atomic E-state index is -0.142. The summed E-state index contributed by atoms with van der Waals surface area (Å²) in [5, 5.41) is 7.52. The number of benzene rings is 2.